The Morgan fingerprint density at radius 1 is 1.58 bits per heavy atom. The topological polar surface area (TPSA) is 64.4 Å². The van der Waals surface area contributed by atoms with Gasteiger partial charge in [0, 0.05) is 24.7 Å². The van der Waals surface area contributed by atoms with E-state index < -0.39 is 16.4 Å². The van der Waals surface area contributed by atoms with Gasteiger partial charge in [-0.05, 0) is 11.6 Å². The normalized spacial score (nSPS) is 10.5. The minimum Gasteiger partial charge on any atom is -0.489 e. The van der Waals surface area contributed by atoms with Crippen LogP contribution in [0.15, 0.2) is 30.4 Å². The number of rotatable bonds is 7. The van der Waals surface area contributed by atoms with Crippen LogP contribution < -0.4 is 10.1 Å². The Balaban J connectivity index is 2.52. The van der Waals surface area contributed by atoms with Gasteiger partial charge in [-0.15, -0.1) is 0 Å². The summed E-state index contributed by atoms with van der Waals surface area (Å²) in [5, 5.41) is 13.6. The highest BCUT2D eigenvalue weighted by Gasteiger charge is 2.14. The Morgan fingerprint density at radius 2 is 2.26 bits per heavy atom. The third-order valence-corrected chi connectivity index (χ3v) is 2.32. The van der Waals surface area contributed by atoms with Gasteiger partial charge in [0.2, 0.25) is 5.82 Å². The second-order valence-corrected chi connectivity index (χ2v) is 4.44. The molecule has 0 heterocycles. The number of hydrogen-bond acceptors (Lipinski definition) is 4. The molecule has 0 fully saturated rings. The van der Waals surface area contributed by atoms with Gasteiger partial charge in [0.15, 0.2) is 0 Å². The summed E-state index contributed by atoms with van der Waals surface area (Å²) in [7, 11) is 0. The van der Waals surface area contributed by atoms with E-state index in [0.717, 1.165) is 17.7 Å². The Hall–Kier alpha value is -1.95. The SMILES string of the molecule is C=C(CNC(C)C)COc1ccc([N+](=O)[O-])c(F)c1. The molecule has 0 radical (unpaired) electrons. The molecule has 104 valence electrons. The van der Waals surface area contributed by atoms with Gasteiger partial charge in [-0.2, -0.15) is 4.39 Å². The number of nitrogens with one attached hydrogen (secondary N) is 1. The molecule has 0 aliphatic heterocycles. The molecule has 0 aromatic heterocycles. The number of hydrogen-bond donors (Lipinski definition) is 1. The van der Waals surface area contributed by atoms with Gasteiger partial charge in [-0.3, -0.25) is 10.1 Å². The molecule has 0 unspecified atom stereocenters. The molecule has 1 N–H and O–H groups in total. The lowest BCUT2D eigenvalue weighted by Gasteiger charge is -2.11. The molecule has 0 aliphatic carbocycles. The van der Waals surface area contributed by atoms with Gasteiger partial charge >= 0.3 is 5.69 Å². The van der Waals surface area contributed by atoms with Gasteiger partial charge in [0.25, 0.3) is 0 Å². The van der Waals surface area contributed by atoms with Crippen LogP contribution in [-0.4, -0.2) is 24.1 Å². The molecule has 19 heavy (non-hydrogen) atoms. The van der Waals surface area contributed by atoms with Crippen LogP contribution in [0, 0.1) is 15.9 Å². The molecular weight excluding hydrogens is 251 g/mol. The van der Waals surface area contributed by atoms with Crippen molar-refractivity contribution in [2.75, 3.05) is 13.2 Å². The summed E-state index contributed by atoms with van der Waals surface area (Å²) in [6.45, 7) is 8.69. The third kappa shape index (κ3) is 5.05. The molecule has 0 aliphatic rings. The summed E-state index contributed by atoms with van der Waals surface area (Å²) in [5.41, 5.74) is 0.250. The van der Waals surface area contributed by atoms with Gasteiger partial charge in [0.1, 0.15) is 12.4 Å². The fourth-order valence-corrected chi connectivity index (χ4v) is 1.31. The molecular formula is C13H17FN2O3. The first-order valence-corrected chi connectivity index (χ1v) is 5.87. The van der Waals surface area contributed by atoms with E-state index in [9.17, 15) is 14.5 Å². The average molecular weight is 268 g/mol. The quantitative estimate of drug-likeness (QED) is 0.469. The van der Waals surface area contributed by atoms with Crippen LogP contribution in [0.5, 0.6) is 5.75 Å². The van der Waals surface area contributed by atoms with E-state index in [0.29, 0.717) is 12.6 Å². The lowest BCUT2D eigenvalue weighted by atomic mass is 10.2. The van der Waals surface area contributed by atoms with Crippen molar-refractivity contribution in [3.05, 3.63) is 46.3 Å². The number of nitro benzene ring substituents is 1. The summed E-state index contributed by atoms with van der Waals surface area (Å²) in [6, 6.07) is 3.79. The Morgan fingerprint density at radius 3 is 2.79 bits per heavy atom. The van der Waals surface area contributed by atoms with Crippen molar-refractivity contribution < 1.29 is 14.1 Å². The van der Waals surface area contributed by atoms with Gasteiger partial charge in [-0.1, -0.05) is 20.4 Å². The molecule has 1 aromatic carbocycles. The largest absolute Gasteiger partial charge is 0.489 e. The highest BCUT2D eigenvalue weighted by Crippen LogP contribution is 2.22. The molecule has 1 aromatic rings. The second kappa shape index (κ2) is 6.84. The van der Waals surface area contributed by atoms with E-state index in [4.69, 9.17) is 4.74 Å². The zero-order valence-electron chi connectivity index (χ0n) is 11.0. The summed E-state index contributed by atoms with van der Waals surface area (Å²) < 4.78 is 18.6. The number of ether oxygens (including phenoxy) is 1. The lowest BCUT2D eigenvalue weighted by molar-refractivity contribution is -0.387. The molecule has 0 atom stereocenters. The number of nitro groups is 1. The van der Waals surface area contributed by atoms with Crippen molar-refractivity contribution in [1.82, 2.24) is 5.32 Å². The van der Waals surface area contributed by atoms with Crippen molar-refractivity contribution in [3.63, 3.8) is 0 Å². The van der Waals surface area contributed by atoms with Crippen LogP contribution in [0.25, 0.3) is 0 Å². The average Bonchev–Trinajstić information content (AvgIpc) is 2.33. The first-order chi connectivity index (χ1) is 8.90. The smallest absolute Gasteiger partial charge is 0.305 e. The van der Waals surface area contributed by atoms with Crippen molar-refractivity contribution in [1.29, 1.82) is 0 Å². The van der Waals surface area contributed by atoms with Crippen LogP contribution in [0.3, 0.4) is 0 Å². The Labute approximate surface area is 111 Å². The standard InChI is InChI=1S/C13H17FN2O3/c1-9(2)15-7-10(3)8-19-11-4-5-13(16(17)18)12(14)6-11/h4-6,9,15H,3,7-8H2,1-2H3. The fourth-order valence-electron chi connectivity index (χ4n) is 1.31. The predicted octanol–water partition coefficient (Wildman–Crippen LogP) is 2.67. The van der Waals surface area contributed by atoms with Crippen LogP contribution in [-0.2, 0) is 0 Å². The third-order valence-electron chi connectivity index (χ3n) is 2.32. The van der Waals surface area contributed by atoms with Crippen molar-refractivity contribution in [3.8, 4) is 5.75 Å². The molecule has 0 spiro atoms. The maximum atomic E-state index is 13.3. The summed E-state index contributed by atoms with van der Waals surface area (Å²) >= 11 is 0. The highest BCUT2D eigenvalue weighted by atomic mass is 19.1. The second-order valence-electron chi connectivity index (χ2n) is 4.44. The first-order valence-electron chi connectivity index (χ1n) is 5.87. The van der Waals surface area contributed by atoms with E-state index >= 15 is 0 Å². The zero-order chi connectivity index (χ0) is 14.4. The highest BCUT2D eigenvalue weighted by molar-refractivity contribution is 5.38. The monoisotopic (exact) mass is 268 g/mol. The number of halogens is 1. The van der Waals surface area contributed by atoms with E-state index in [1.807, 2.05) is 13.8 Å². The lowest BCUT2D eigenvalue weighted by Crippen LogP contribution is -2.26. The zero-order valence-corrected chi connectivity index (χ0v) is 11.0. The van der Waals surface area contributed by atoms with Crippen molar-refractivity contribution >= 4 is 5.69 Å². The van der Waals surface area contributed by atoms with Gasteiger partial charge < -0.3 is 10.1 Å². The molecule has 0 bridgehead atoms. The predicted molar refractivity (Wildman–Crippen MR) is 70.8 cm³/mol. The van der Waals surface area contributed by atoms with E-state index in [1.54, 1.807) is 0 Å². The molecule has 0 amide bonds. The van der Waals surface area contributed by atoms with Crippen LogP contribution in [0.4, 0.5) is 10.1 Å². The van der Waals surface area contributed by atoms with Gasteiger partial charge in [-0.25, -0.2) is 0 Å². The molecule has 0 saturated heterocycles. The van der Waals surface area contributed by atoms with E-state index in [1.165, 1.54) is 6.07 Å². The van der Waals surface area contributed by atoms with E-state index in [-0.39, 0.29) is 12.4 Å². The van der Waals surface area contributed by atoms with E-state index in [2.05, 4.69) is 11.9 Å². The number of nitrogens with zero attached hydrogens (tertiary/aromatic N) is 1. The Bertz CT molecular complexity index is 475. The summed E-state index contributed by atoms with van der Waals surface area (Å²) in [6.07, 6.45) is 0. The first kappa shape index (κ1) is 15.1. The molecule has 5 nitrogen and oxygen atoms in total. The Kier molecular flexibility index (Phi) is 5.44. The molecule has 1 rings (SSSR count). The van der Waals surface area contributed by atoms with Crippen LogP contribution >= 0.6 is 0 Å². The number of benzene rings is 1. The van der Waals surface area contributed by atoms with Crippen LogP contribution in [0.1, 0.15) is 13.8 Å². The minimum atomic E-state index is -0.909. The minimum absolute atomic E-state index is 0.233. The van der Waals surface area contributed by atoms with Crippen molar-refractivity contribution in [2.45, 2.75) is 19.9 Å². The fraction of sp³-hybridized carbons (Fsp3) is 0.385. The van der Waals surface area contributed by atoms with Gasteiger partial charge in [0.05, 0.1) is 4.92 Å². The maximum absolute atomic E-state index is 13.3. The molecule has 6 heteroatoms. The maximum Gasteiger partial charge on any atom is 0.305 e. The summed E-state index contributed by atoms with van der Waals surface area (Å²) in [5.74, 6) is -0.665. The van der Waals surface area contributed by atoms with Crippen LogP contribution in [0.2, 0.25) is 0 Å². The molecule has 0 saturated carbocycles. The van der Waals surface area contributed by atoms with Crippen molar-refractivity contribution in [2.24, 2.45) is 0 Å². The summed E-state index contributed by atoms with van der Waals surface area (Å²) in [4.78, 5) is 9.68.